The number of thioether (sulfide) groups is 1. The van der Waals surface area contributed by atoms with Gasteiger partial charge in [0, 0.05) is 8.04 Å². The Labute approximate surface area is 128 Å². The van der Waals surface area contributed by atoms with Crippen LogP contribution in [0.25, 0.3) is 0 Å². The highest BCUT2D eigenvalue weighted by Gasteiger charge is 2.14. The molecule has 0 radical (unpaired) electrons. The standard InChI is InChI=1S/C11H14BrIN2OS/c1-17-5-4-9(14)11(16)15-10-3-2-7(13)6-8(10)12/h2-3,6,9H,4-5,14H2,1H3,(H,15,16)/t9-/m1/s1. The largest absolute Gasteiger partial charge is 0.324 e. The topological polar surface area (TPSA) is 55.1 Å². The third kappa shape index (κ3) is 5.15. The number of anilines is 1. The Morgan fingerprint density at radius 2 is 2.35 bits per heavy atom. The number of halogens is 2. The van der Waals surface area contributed by atoms with Crippen LogP contribution in [-0.2, 0) is 4.79 Å². The van der Waals surface area contributed by atoms with Crippen LogP contribution in [0.4, 0.5) is 5.69 Å². The number of rotatable bonds is 5. The molecule has 0 aromatic heterocycles. The molecule has 6 heteroatoms. The number of carbonyl (C=O) groups excluding carboxylic acids is 1. The zero-order valence-electron chi connectivity index (χ0n) is 9.37. The zero-order chi connectivity index (χ0) is 12.8. The molecule has 0 bridgehead atoms. The van der Waals surface area contributed by atoms with E-state index in [9.17, 15) is 4.79 Å². The van der Waals surface area contributed by atoms with Crippen LogP contribution in [0.3, 0.4) is 0 Å². The van der Waals surface area contributed by atoms with E-state index in [2.05, 4.69) is 43.8 Å². The maximum Gasteiger partial charge on any atom is 0.241 e. The molecule has 0 spiro atoms. The van der Waals surface area contributed by atoms with Gasteiger partial charge in [-0.2, -0.15) is 11.8 Å². The highest BCUT2D eigenvalue weighted by molar-refractivity contribution is 14.1. The van der Waals surface area contributed by atoms with Crippen LogP contribution in [-0.4, -0.2) is 24.0 Å². The lowest BCUT2D eigenvalue weighted by molar-refractivity contribution is -0.117. The minimum absolute atomic E-state index is 0.138. The van der Waals surface area contributed by atoms with Crippen LogP contribution < -0.4 is 11.1 Å². The van der Waals surface area contributed by atoms with Crippen molar-refractivity contribution >= 4 is 61.9 Å². The van der Waals surface area contributed by atoms with Crippen LogP contribution >= 0.6 is 50.3 Å². The Hall–Kier alpha value is 0.210. The van der Waals surface area contributed by atoms with Gasteiger partial charge in [-0.15, -0.1) is 0 Å². The Balaban J connectivity index is 2.61. The van der Waals surface area contributed by atoms with Crippen molar-refractivity contribution in [3.63, 3.8) is 0 Å². The van der Waals surface area contributed by atoms with Gasteiger partial charge in [0.05, 0.1) is 11.7 Å². The minimum atomic E-state index is -0.450. The highest BCUT2D eigenvalue weighted by Crippen LogP contribution is 2.24. The first-order chi connectivity index (χ1) is 8.04. The molecule has 0 aliphatic heterocycles. The average Bonchev–Trinajstić information content (AvgIpc) is 2.29. The third-order valence-electron chi connectivity index (χ3n) is 2.16. The van der Waals surface area contributed by atoms with Gasteiger partial charge in [0.15, 0.2) is 0 Å². The van der Waals surface area contributed by atoms with E-state index < -0.39 is 6.04 Å². The van der Waals surface area contributed by atoms with E-state index in [1.54, 1.807) is 11.8 Å². The van der Waals surface area contributed by atoms with Gasteiger partial charge in [-0.05, 0) is 75.1 Å². The van der Waals surface area contributed by atoms with E-state index in [0.717, 1.165) is 19.5 Å². The Bertz CT molecular complexity index is 403. The fourth-order valence-corrected chi connectivity index (χ4v) is 3.08. The molecule has 1 aromatic rings. The smallest absolute Gasteiger partial charge is 0.241 e. The molecule has 0 saturated heterocycles. The molecule has 1 atom stereocenters. The molecule has 3 nitrogen and oxygen atoms in total. The summed E-state index contributed by atoms with van der Waals surface area (Å²) in [7, 11) is 0. The van der Waals surface area contributed by atoms with Gasteiger partial charge in [-0.3, -0.25) is 4.79 Å². The molecule has 17 heavy (non-hydrogen) atoms. The lowest BCUT2D eigenvalue weighted by Crippen LogP contribution is -2.36. The van der Waals surface area contributed by atoms with Gasteiger partial charge in [-0.1, -0.05) is 0 Å². The van der Waals surface area contributed by atoms with Crippen molar-refractivity contribution in [1.82, 2.24) is 0 Å². The number of hydrogen-bond acceptors (Lipinski definition) is 3. The molecular weight excluding hydrogens is 415 g/mol. The van der Waals surface area contributed by atoms with Crippen molar-refractivity contribution in [2.75, 3.05) is 17.3 Å². The number of hydrogen-bond donors (Lipinski definition) is 2. The molecule has 0 saturated carbocycles. The molecule has 0 fully saturated rings. The fourth-order valence-electron chi connectivity index (χ4n) is 1.19. The maximum atomic E-state index is 11.8. The third-order valence-corrected chi connectivity index (χ3v) is 4.13. The second-order valence-electron chi connectivity index (χ2n) is 3.50. The Morgan fingerprint density at radius 3 is 2.94 bits per heavy atom. The monoisotopic (exact) mass is 428 g/mol. The summed E-state index contributed by atoms with van der Waals surface area (Å²) < 4.78 is 1.98. The molecule has 1 rings (SSSR count). The number of nitrogens with two attached hydrogens (primary N) is 1. The van der Waals surface area contributed by atoms with E-state index in [-0.39, 0.29) is 5.91 Å². The summed E-state index contributed by atoms with van der Waals surface area (Å²) in [4.78, 5) is 11.8. The number of amides is 1. The minimum Gasteiger partial charge on any atom is -0.324 e. The van der Waals surface area contributed by atoms with Crippen molar-refractivity contribution < 1.29 is 4.79 Å². The lowest BCUT2D eigenvalue weighted by Gasteiger charge is -2.12. The molecule has 0 heterocycles. The molecule has 94 valence electrons. The van der Waals surface area contributed by atoms with E-state index >= 15 is 0 Å². The molecule has 3 N–H and O–H groups in total. The van der Waals surface area contributed by atoms with Crippen molar-refractivity contribution in [2.45, 2.75) is 12.5 Å². The molecule has 0 aliphatic carbocycles. The highest BCUT2D eigenvalue weighted by atomic mass is 127. The Morgan fingerprint density at radius 1 is 1.65 bits per heavy atom. The van der Waals surface area contributed by atoms with Gasteiger partial charge in [0.2, 0.25) is 5.91 Å². The quantitative estimate of drug-likeness (QED) is 0.708. The van der Waals surface area contributed by atoms with Crippen molar-refractivity contribution in [3.05, 3.63) is 26.2 Å². The molecular formula is C11H14BrIN2OS. The number of nitrogens with one attached hydrogen (secondary N) is 1. The molecule has 1 amide bonds. The maximum absolute atomic E-state index is 11.8. The van der Waals surface area contributed by atoms with E-state index in [1.165, 1.54) is 0 Å². The second-order valence-corrected chi connectivity index (χ2v) is 6.59. The summed E-state index contributed by atoms with van der Waals surface area (Å²) in [5.74, 6) is 0.753. The van der Waals surface area contributed by atoms with Crippen LogP contribution in [0, 0.1) is 3.57 Å². The van der Waals surface area contributed by atoms with Crippen molar-refractivity contribution in [1.29, 1.82) is 0 Å². The van der Waals surface area contributed by atoms with Gasteiger partial charge >= 0.3 is 0 Å². The molecule has 1 aromatic carbocycles. The molecule has 0 unspecified atom stereocenters. The lowest BCUT2D eigenvalue weighted by atomic mass is 10.2. The van der Waals surface area contributed by atoms with Crippen molar-refractivity contribution in [3.8, 4) is 0 Å². The summed E-state index contributed by atoms with van der Waals surface area (Å²) in [5, 5.41) is 2.82. The van der Waals surface area contributed by atoms with Gasteiger partial charge in [-0.25, -0.2) is 0 Å². The van der Waals surface area contributed by atoms with Gasteiger partial charge in [0.1, 0.15) is 0 Å². The zero-order valence-corrected chi connectivity index (χ0v) is 13.9. The number of carbonyl (C=O) groups is 1. The fraction of sp³-hybridized carbons (Fsp3) is 0.364. The van der Waals surface area contributed by atoms with Crippen LogP contribution in [0.5, 0.6) is 0 Å². The van der Waals surface area contributed by atoms with Crippen LogP contribution in [0.15, 0.2) is 22.7 Å². The van der Waals surface area contributed by atoms with E-state index in [1.807, 2.05) is 24.5 Å². The number of benzene rings is 1. The van der Waals surface area contributed by atoms with Crippen LogP contribution in [0.1, 0.15) is 6.42 Å². The molecule has 0 aliphatic rings. The predicted octanol–water partition coefficient (Wildman–Crippen LogP) is 3.07. The first kappa shape index (κ1) is 15.3. The van der Waals surface area contributed by atoms with Crippen molar-refractivity contribution in [2.24, 2.45) is 5.73 Å². The predicted molar refractivity (Wildman–Crippen MR) is 86.5 cm³/mol. The summed E-state index contributed by atoms with van der Waals surface area (Å²) in [6, 6.07) is 5.30. The average molecular weight is 429 g/mol. The summed E-state index contributed by atoms with van der Waals surface area (Å²) in [6.07, 6.45) is 2.69. The summed E-state index contributed by atoms with van der Waals surface area (Å²) >= 11 is 7.32. The summed E-state index contributed by atoms with van der Waals surface area (Å²) in [6.45, 7) is 0. The SMILES string of the molecule is CSCC[C@@H](N)C(=O)Nc1ccc(I)cc1Br. The van der Waals surface area contributed by atoms with Gasteiger partial charge in [0.25, 0.3) is 0 Å². The van der Waals surface area contributed by atoms with Crippen LogP contribution in [0.2, 0.25) is 0 Å². The normalized spacial score (nSPS) is 12.2. The van der Waals surface area contributed by atoms with E-state index in [4.69, 9.17) is 5.73 Å². The first-order valence-electron chi connectivity index (χ1n) is 5.05. The van der Waals surface area contributed by atoms with E-state index in [0.29, 0.717) is 6.42 Å². The second kappa shape index (κ2) is 7.60. The Kier molecular flexibility index (Phi) is 6.83. The van der Waals surface area contributed by atoms with Gasteiger partial charge < -0.3 is 11.1 Å². The summed E-state index contributed by atoms with van der Waals surface area (Å²) in [5.41, 5.74) is 6.55. The first-order valence-corrected chi connectivity index (χ1v) is 8.31.